The fourth-order valence-corrected chi connectivity index (χ4v) is 14.4. The maximum Gasteiger partial charge on any atom is 0.137 e. The second-order valence-corrected chi connectivity index (χ2v) is 28.2. The number of hydrogen-bond acceptors (Lipinski definition) is 7. The number of hydrogen-bond donors (Lipinski definition) is 0. The van der Waals surface area contributed by atoms with Crippen LogP contribution in [0, 0.1) is 48.5 Å². The fourth-order valence-electron chi connectivity index (χ4n) is 13.6. The van der Waals surface area contributed by atoms with E-state index in [-0.39, 0.29) is 0 Å². The Morgan fingerprint density at radius 3 is 1.29 bits per heavy atom. The first-order valence-electron chi connectivity index (χ1n) is 35.5. The molecule has 6 nitrogen and oxygen atoms in total. The minimum atomic E-state index is 0.497. The predicted molar refractivity (Wildman–Crippen MR) is 436 cm³/mol. The van der Waals surface area contributed by atoms with Gasteiger partial charge in [-0.25, -0.2) is 0 Å². The van der Waals surface area contributed by atoms with E-state index >= 15 is 0 Å². The maximum atomic E-state index is 5.70. The Hall–Kier alpha value is -11.4. The van der Waals surface area contributed by atoms with Crippen LogP contribution < -0.4 is 0 Å². The third-order valence-electron chi connectivity index (χ3n) is 19.1. The second-order valence-electron chi connectivity index (χ2n) is 27.2. The van der Waals surface area contributed by atoms with Crippen LogP contribution in [0.1, 0.15) is 115 Å². The molecule has 18 aromatic rings. The largest absolute Gasteiger partial charge is 0.464 e. The van der Waals surface area contributed by atoms with Gasteiger partial charge in [-0.2, -0.15) is 0 Å². The van der Waals surface area contributed by atoms with Crippen molar-refractivity contribution in [3.05, 3.63) is 347 Å². The highest BCUT2D eigenvalue weighted by Crippen LogP contribution is 2.38. The summed E-state index contributed by atoms with van der Waals surface area (Å²) in [6.45, 7) is 28.1. The van der Waals surface area contributed by atoms with Crippen molar-refractivity contribution in [2.75, 3.05) is 0 Å². The van der Waals surface area contributed by atoms with E-state index in [1.807, 2.05) is 91.1 Å². The maximum absolute atomic E-state index is 5.70. The molecule has 516 valence electrons. The van der Waals surface area contributed by atoms with Crippen LogP contribution in [-0.4, -0.2) is 0 Å². The van der Waals surface area contributed by atoms with E-state index < -0.39 is 0 Å². The van der Waals surface area contributed by atoms with Crippen molar-refractivity contribution in [2.24, 2.45) is 0 Å². The molecule has 0 aliphatic heterocycles. The van der Waals surface area contributed by atoms with Crippen LogP contribution in [0.15, 0.2) is 318 Å². The number of rotatable bonds is 7. The van der Waals surface area contributed by atoms with Gasteiger partial charge in [-0.1, -0.05) is 230 Å². The van der Waals surface area contributed by atoms with E-state index in [0.29, 0.717) is 17.8 Å². The molecule has 0 spiro atoms. The Labute approximate surface area is 609 Å². The Balaban J connectivity index is 0.000000114. The average molecular weight is 1370 g/mol. The lowest BCUT2D eigenvalue weighted by Gasteiger charge is -2.14. The monoisotopic (exact) mass is 1370 g/mol. The van der Waals surface area contributed by atoms with Gasteiger partial charge in [-0.3, -0.25) is 0 Å². The third kappa shape index (κ3) is 16.5. The van der Waals surface area contributed by atoms with E-state index in [1.165, 1.54) is 137 Å². The zero-order chi connectivity index (χ0) is 72.1. The number of benzene rings is 11. The van der Waals surface area contributed by atoms with E-state index in [2.05, 4.69) is 264 Å². The van der Waals surface area contributed by atoms with E-state index in [9.17, 15) is 0 Å². The van der Waals surface area contributed by atoms with E-state index in [0.717, 1.165) is 38.9 Å². The lowest BCUT2D eigenvalue weighted by molar-refractivity contribution is 0.611. The summed E-state index contributed by atoms with van der Waals surface area (Å²) in [6.07, 6.45) is 10.5. The average Bonchev–Trinajstić information content (AvgIpc) is 1.77. The quantitative estimate of drug-likeness (QED) is 0.158. The van der Waals surface area contributed by atoms with Gasteiger partial charge in [0.1, 0.15) is 33.5 Å². The summed E-state index contributed by atoms with van der Waals surface area (Å²) >= 11 is 1.83. The van der Waals surface area contributed by atoms with Gasteiger partial charge < -0.3 is 26.5 Å². The summed E-state index contributed by atoms with van der Waals surface area (Å²) in [5, 5.41) is 10.7. The van der Waals surface area contributed by atoms with Gasteiger partial charge >= 0.3 is 0 Å². The third-order valence-corrected chi connectivity index (χ3v) is 20.1. The van der Waals surface area contributed by atoms with Gasteiger partial charge in [0.05, 0.1) is 37.6 Å². The van der Waals surface area contributed by atoms with Crippen LogP contribution in [0.25, 0.3) is 120 Å². The zero-order valence-electron chi connectivity index (χ0n) is 61.3. The molecule has 11 aromatic carbocycles. The van der Waals surface area contributed by atoms with Crippen molar-refractivity contribution in [1.29, 1.82) is 0 Å². The number of aryl methyl sites for hydroxylation is 7. The Kier molecular flexibility index (Phi) is 22.9. The summed E-state index contributed by atoms with van der Waals surface area (Å²) in [7, 11) is 0. The van der Waals surface area contributed by atoms with Crippen LogP contribution >= 0.6 is 11.3 Å². The van der Waals surface area contributed by atoms with Crippen LogP contribution in [0.4, 0.5) is 0 Å². The van der Waals surface area contributed by atoms with E-state index in [1.54, 1.807) is 37.6 Å². The lowest BCUT2D eigenvalue weighted by atomic mass is 9.91. The highest BCUT2D eigenvalue weighted by atomic mass is 32.1. The summed E-state index contributed by atoms with van der Waals surface area (Å²) < 4.78 is 34.3. The standard InChI is InChI=1S/C18H18O.3C15H12O.C12H14O.C12H14S.C9H8O/c1-12(2)16-11-17(14-7-5-4-6-8-14)15-9-10-19-18(15)13(16)3;1-11-9-14(12-5-3-2-4-6-12)10-13-7-8-16-15(11)13;1-11-14(12-5-3-2-4-6-12)8-7-13-9-10-16-15(11)13;1-11-7-8-13(12-5-3-2-4-6-12)14-9-10-16-15(11)14;1-8(2)11-5-4-10-6-7-13-12(10)9(11)3;1-8(2)11-6-9(3)12-10(7-11)4-5-13-12;1-7-3-2-4-8-5-6-10-9(7)8/h4-12H,1-3H3;3*2-10H,1H3;2*4-8H,1-3H3;2-6H,1H3. The van der Waals surface area contributed by atoms with Gasteiger partial charge in [0, 0.05) is 42.6 Å². The van der Waals surface area contributed by atoms with Gasteiger partial charge in [0.2, 0.25) is 0 Å². The Morgan fingerprint density at radius 2 is 0.709 bits per heavy atom. The highest BCUT2D eigenvalue weighted by Gasteiger charge is 2.16. The molecule has 7 heterocycles. The van der Waals surface area contributed by atoms with Crippen molar-refractivity contribution >= 4 is 87.2 Å². The molecular weight excluding hydrogens is 1280 g/mol. The molecular formula is C96H90O6S. The molecule has 0 aliphatic carbocycles. The molecule has 0 radical (unpaired) electrons. The minimum Gasteiger partial charge on any atom is -0.464 e. The molecule has 0 atom stereocenters. The zero-order valence-corrected chi connectivity index (χ0v) is 62.1. The number of thiophene rings is 1. The molecule has 0 saturated heterocycles. The topological polar surface area (TPSA) is 78.8 Å². The second kappa shape index (κ2) is 33.0. The lowest BCUT2D eigenvalue weighted by Crippen LogP contribution is -1.94. The number of furan rings is 6. The smallest absolute Gasteiger partial charge is 0.137 e. The van der Waals surface area contributed by atoms with Gasteiger partial charge in [-0.15, -0.1) is 11.3 Å². The first kappa shape index (κ1) is 71.4. The minimum absolute atomic E-state index is 0.497. The van der Waals surface area contributed by atoms with Crippen LogP contribution in [-0.2, 0) is 0 Å². The Bertz CT molecular complexity index is 5750. The molecule has 0 fully saturated rings. The molecule has 0 saturated carbocycles. The fraction of sp³-hybridized carbons (Fsp3) is 0.167. The number of fused-ring (bicyclic) bond motifs is 7. The summed E-state index contributed by atoms with van der Waals surface area (Å²) in [5.74, 6) is 1.69. The molecule has 18 rings (SSSR count). The van der Waals surface area contributed by atoms with Gasteiger partial charge in [0.15, 0.2) is 0 Å². The Morgan fingerprint density at radius 1 is 0.252 bits per heavy atom. The molecule has 7 heteroatoms. The van der Waals surface area contributed by atoms with Crippen molar-refractivity contribution in [3.8, 4) is 44.5 Å². The first-order chi connectivity index (χ1) is 50.0. The van der Waals surface area contributed by atoms with Crippen LogP contribution in [0.2, 0.25) is 0 Å². The van der Waals surface area contributed by atoms with Crippen molar-refractivity contribution in [2.45, 2.75) is 108 Å². The van der Waals surface area contributed by atoms with E-state index in [4.69, 9.17) is 26.5 Å². The molecule has 0 unspecified atom stereocenters. The summed E-state index contributed by atoms with van der Waals surface area (Å²) in [5.41, 5.74) is 28.8. The summed E-state index contributed by atoms with van der Waals surface area (Å²) in [6, 6.07) is 86.2. The molecule has 103 heavy (non-hydrogen) atoms. The number of para-hydroxylation sites is 1. The van der Waals surface area contributed by atoms with Crippen molar-refractivity contribution in [3.63, 3.8) is 0 Å². The molecule has 0 amide bonds. The van der Waals surface area contributed by atoms with Gasteiger partial charge in [-0.05, 0) is 232 Å². The van der Waals surface area contributed by atoms with Gasteiger partial charge in [0.25, 0.3) is 0 Å². The van der Waals surface area contributed by atoms with Crippen LogP contribution in [0.3, 0.4) is 0 Å². The highest BCUT2D eigenvalue weighted by molar-refractivity contribution is 7.17. The normalized spacial score (nSPS) is 11.0. The van der Waals surface area contributed by atoms with Crippen molar-refractivity contribution in [1.82, 2.24) is 0 Å². The van der Waals surface area contributed by atoms with Crippen molar-refractivity contribution < 1.29 is 26.5 Å². The SMILES string of the molecule is Cc1c(-c2ccccc2)ccc2ccoc12.Cc1c(C(C)C)cc(-c2ccccc2)c2ccoc12.Cc1c(C(C)C)ccc2ccoc12.Cc1cc(-c2ccccc2)cc2ccoc12.Cc1cc(C(C)C)cc2ccsc12.Cc1ccc(-c2ccccc2)c2ccoc12.Cc1cccc2ccoc12. The first-order valence-corrected chi connectivity index (χ1v) is 36.4. The molecule has 0 aliphatic rings. The predicted octanol–water partition coefficient (Wildman–Crippen LogP) is 29.7. The molecule has 0 N–H and O–H groups in total. The summed E-state index contributed by atoms with van der Waals surface area (Å²) in [4.78, 5) is 0. The molecule has 0 bridgehead atoms. The van der Waals surface area contributed by atoms with Crippen LogP contribution in [0.5, 0.6) is 0 Å². The molecule has 7 aromatic heterocycles.